The zero-order valence-electron chi connectivity index (χ0n) is 12.3. The molecule has 0 saturated carbocycles. The lowest BCUT2D eigenvalue weighted by molar-refractivity contribution is 0.283. The van der Waals surface area contributed by atoms with E-state index in [0.717, 1.165) is 25.8 Å². The molecular weight excluding hydrogens is 278 g/mol. The largest absolute Gasteiger partial charge is 0.360 e. The van der Waals surface area contributed by atoms with Crippen LogP contribution in [0.25, 0.3) is 0 Å². The molecule has 1 aliphatic rings. The number of hydrogen-bond acceptors (Lipinski definition) is 5. The lowest BCUT2D eigenvalue weighted by Gasteiger charge is -2.32. The Labute approximate surface area is 120 Å². The number of aromatic nitrogens is 1. The monoisotopic (exact) mass is 301 g/mol. The van der Waals surface area contributed by atoms with E-state index in [0.29, 0.717) is 24.5 Å². The molecule has 20 heavy (non-hydrogen) atoms. The van der Waals surface area contributed by atoms with Gasteiger partial charge in [-0.2, -0.15) is 4.31 Å². The molecule has 1 aromatic rings. The molecule has 0 radical (unpaired) electrons. The van der Waals surface area contributed by atoms with Gasteiger partial charge in [0.2, 0.25) is 10.0 Å². The third-order valence-electron chi connectivity index (χ3n) is 3.63. The summed E-state index contributed by atoms with van der Waals surface area (Å²) in [6, 6.07) is 0.235. The van der Waals surface area contributed by atoms with Crippen LogP contribution in [-0.4, -0.2) is 43.6 Å². The Morgan fingerprint density at radius 3 is 2.80 bits per heavy atom. The Balaban J connectivity index is 2.17. The third-order valence-corrected chi connectivity index (χ3v) is 5.74. The average Bonchev–Trinajstić information content (AvgIpc) is 2.76. The van der Waals surface area contributed by atoms with Gasteiger partial charge in [-0.15, -0.1) is 0 Å². The van der Waals surface area contributed by atoms with E-state index in [2.05, 4.69) is 17.4 Å². The number of hydrogen-bond donors (Lipinski definition) is 1. The summed E-state index contributed by atoms with van der Waals surface area (Å²) < 4.78 is 32.0. The zero-order valence-corrected chi connectivity index (χ0v) is 13.2. The van der Waals surface area contributed by atoms with Gasteiger partial charge in [-0.1, -0.05) is 12.1 Å². The molecule has 0 aliphatic carbocycles. The van der Waals surface area contributed by atoms with Gasteiger partial charge in [-0.3, -0.25) is 0 Å². The topological polar surface area (TPSA) is 75.4 Å². The van der Waals surface area contributed by atoms with Gasteiger partial charge in [0.1, 0.15) is 10.6 Å². The van der Waals surface area contributed by atoms with E-state index in [1.165, 1.54) is 0 Å². The second-order valence-corrected chi connectivity index (χ2v) is 7.18. The number of rotatable bonds is 5. The van der Waals surface area contributed by atoms with E-state index >= 15 is 0 Å². The van der Waals surface area contributed by atoms with Crippen molar-refractivity contribution in [3.8, 4) is 0 Å². The number of nitrogens with zero attached hydrogens (tertiary/aromatic N) is 2. The highest BCUT2D eigenvalue weighted by Crippen LogP contribution is 2.25. The van der Waals surface area contributed by atoms with Crippen LogP contribution in [0.5, 0.6) is 0 Å². The lowest BCUT2D eigenvalue weighted by Crippen LogP contribution is -2.48. The van der Waals surface area contributed by atoms with Crippen LogP contribution in [-0.2, 0) is 10.0 Å². The predicted molar refractivity (Wildman–Crippen MR) is 76.1 cm³/mol. The zero-order chi connectivity index (χ0) is 14.8. The maximum Gasteiger partial charge on any atom is 0.248 e. The van der Waals surface area contributed by atoms with Gasteiger partial charge in [-0.25, -0.2) is 8.42 Å². The van der Waals surface area contributed by atoms with Crippen molar-refractivity contribution < 1.29 is 12.9 Å². The van der Waals surface area contributed by atoms with Crippen LogP contribution in [0.2, 0.25) is 0 Å². The normalized spacial score (nSPS) is 21.2. The molecule has 2 rings (SSSR count). The summed E-state index contributed by atoms with van der Waals surface area (Å²) in [6.07, 6.45) is 2.95. The van der Waals surface area contributed by atoms with E-state index in [4.69, 9.17) is 4.52 Å². The maximum atomic E-state index is 12.7. The molecule has 1 aromatic heterocycles. The van der Waals surface area contributed by atoms with Gasteiger partial charge in [0.05, 0.1) is 0 Å². The van der Waals surface area contributed by atoms with Gasteiger partial charge in [-0.05, 0) is 39.7 Å². The number of sulfonamides is 1. The van der Waals surface area contributed by atoms with E-state index < -0.39 is 10.0 Å². The molecule has 0 amide bonds. The second kappa shape index (κ2) is 6.24. The molecule has 1 saturated heterocycles. The first-order valence-electron chi connectivity index (χ1n) is 7.13. The number of aryl methyl sites for hydroxylation is 2. The SMILES string of the molecule is CCCNC1CCCN(S(=O)(=O)c2c(C)noc2C)C1. The highest BCUT2D eigenvalue weighted by atomic mass is 32.2. The smallest absolute Gasteiger partial charge is 0.248 e. The molecule has 1 N–H and O–H groups in total. The average molecular weight is 301 g/mol. The molecule has 0 aromatic carbocycles. The number of nitrogens with one attached hydrogen (secondary N) is 1. The van der Waals surface area contributed by atoms with Crippen molar-refractivity contribution in [2.75, 3.05) is 19.6 Å². The molecule has 114 valence electrons. The fraction of sp³-hybridized carbons (Fsp3) is 0.769. The van der Waals surface area contributed by atoms with E-state index in [1.807, 2.05) is 0 Å². The van der Waals surface area contributed by atoms with Crippen molar-refractivity contribution in [1.29, 1.82) is 0 Å². The van der Waals surface area contributed by atoms with Crippen LogP contribution in [0.15, 0.2) is 9.42 Å². The van der Waals surface area contributed by atoms with Crippen molar-refractivity contribution >= 4 is 10.0 Å². The van der Waals surface area contributed by atoms with Crippen LogP contribution >= 0.6 is 0 Å². The van der Waals surface area contributed by atoms with Crippen molar-refractivity contribution in [2.45, 2.75) is 51.0 Å². The molecule has 7 heteroatoms. The van der Waals surface area contributed by atoms with E-state index in [9.17, 15) is 8.42 Å². The summed E-state index contributed by atoms with van der Waals surface area (Å²) in [7, 11) is -3.50. The van der Waals surface area contributed by atoms with Crippen LogP contribution in [0, 0.1) is 13.8 Å². The van der Waals surface area contributed by atoms with Gasteiger partial charge >= 0.3 is 0 Å². The summed E-state index contributed by atoms with van der Waals surface area (Å²) in [6.45, 7) is 7.42. The molecule has 1 atom stereocenters. The molecule has 1 unspecified atom stereocenters. The molecular formula is C13H23N3O3S. The Hall–Kier alpha value is -0.920. The lowest BCUT2D eigenvalue weighted by atomic mass is 10.1. The van der Waals surface area contributed by atoms with Crippen LogP contribution in [0.3, 0.4) is 0 Å². The van der Waals surface area contributed by atoms with Crippen LogP contribution < -0.4 is 5.32 Å². The van der Waals surface area contributed by atoms with Gasteiger partial charge < -0.3 is 9.84 Å². The van der Waals surface area contributed by atoms with E-state index in [1.54, 1.807) is 18.2 Å². The Morgan fingerprint density at radius 1 is 1.45 bits per heavy atom. The minimum atomic E-state index is -3.50. The standard InChI is InChI=1S/C13H23N3O3S/c1-4-7-14-12-6-5-8-16(9-12)20(17,18)13-10(2)15-19-11(13)3/h12,14H,4-9H2,1-3H3. The molecule has 1 aliphatic heterocycles. The molecule has 2 heterocycles. The molecule has 6 nitrogen and oxygen atoms in total. The van der Waals surface area contributed by atoms with Crippen LogP contribution in [0.4, 0.5) is 0 Å². The summed E-state index contributed by atoms with van der Waals surface area (Å²) in [5, 5.41) is 7.15. The molecule has 1 fully saturated rings. The van der Waals surface area contributed by atoms with Gasteiger partial charge in [0.15, 0.2) is 5.76 Å². The summed E-state index contributed by atoms with van der Waals surface area (Å²) in [5.74, 6) is 0.367. The van der Waals surface area contributed by atoms with Gasteiger partial charge in [0.25, 0.3) is 0 Å². The number of piperidine rings is 1. The Morgan fingerprint density at radius 2 is 2.20 bits per heavy atom. The second-order valence-electron chi connectivity index (χ2n) is 5.31. The minimum absolute atomic E-state index is 0.230. The molecule has 0 bridgehead atoms. The van der Waals surface area contributed by atoms with Crippen molar-refractivity contribution in [1.82, 2.24) is 14.8 Å². The van der Waals surface area contributed by atoms with E-state index in [-0.39, 0.29) is 10.9 Å². The quantitative estimate of drug-likeness (QED) is 0.890. The first kappa shape index (κ1) is 15.5. The first-order chi connectivity index (χ1) is 9.46. The van der Waals surface area contributed by atoms with Crippen molar-refractivity contribution in [3.05, 3.63) is 11.5 Å². The molecule has 0 spiro atoms. The highest BCUT2D eigenvalue weighted by molar-refractivity contribution is 7.89. The minimum Gasteiger partial charge on any atom is -0.360 e. The van der Waals surface area contributed by atoms with Crippen molar-refractivity contribution in [2.24, 2.45) is 0 Å². The van der Waals surface area contributed by atoms with Crippen LogP contribution in [0.1, 0.15) is 37.6 Å². The Bertz CT molecular complexity index is 534. The van der Waals surface area contributed by atoms with Gasteiger partial charge in [0, 0.05) is 19.1 Å². The highest BCUT2D eigenvalue weighted by Gasteiger charge is 2.34. The fourth-order valence-electron chi connectivity index (χ4n) is 2.65. The maximum absolute atomic E-state index is 12.7. The fourth-order valence-corrected chi connectivity index (χ4v) is 4.46. The summed E-state index contributed by atoms with van der Waals surface area (Å²) in [4.78, 5) is 0.230. The first-order valence-corrected chi connectivity index (χ1v) is 8.57. The predicted octanol–water partition coefficient (Wildman–Crippen LogP) is 1.44. The Kier molecular flexibility index (Phi) is 4.82. The summed E-state index contributed by atoms with van der Waals surface area (Å²) in [5.41, 5.74) is 0.436. The summed E-state index contributed by atoms with van der Waals surface area (Å²) >= 11 is 0. The third kappa shape index (κ3) is 3.05. The van der Waals surface area contributed by atoms with Crippen molar-refractivity contribution in [3.63, 3.8) is 0 Å².